The second-order valence-electron chi connectivity index (χ2n) is 1.58. The molecule has 0 rings (SSSR count). The van der Waals surface area contributed by atoms with E-state index in [0.29, 0.717) is 0 Å². The molecule has 0 saturated carbocycles. The summed E-state index contributed by atoms with van der Waals surface area (Å²) < 4.78 is 10.1. The lowest BCUT2D eigenvalue weighted by Crippen LogP contribution is -2.24. The lowest BCUT2D eigenvalue weighted by atomic mass is 10.8. The molecular formula is C2H8O5P2. The first-order valence-electron chi connectivity index (χ1n) is 1.99. The van der Waals surface area contributed by atoms with Crippen LogP contribution in [0, 0.1) is 0 Å². The molecule has 56 valence electrons. The fourth-order valence-corrected chi connectivity index (χ4v) is 0.276. The van der Waals surface area contributed by atoms with Crippen LogP contribution in [-0.4, -0.2) is 31.7 Å². The maximum atomic E-state index is 10.1. The van der Waals surface area contributed by atoms with Crippen LogP contribution >= 0.6 is 16.8 Å². The van der Waals surface area contributed by atoms with Crippen molar-refractivity contribution >= 4 is 16.8 Å². The van der Waals surface area contributed by atoms with Gasteiger partial charge in [0.2, 0.25) is 5.08 Å². The van der Waals surface area contributed by atoms with Crippen LogP contribution in [0.25, 0.3) is 0 Å². The van der Waals surface area contributed by atoms with Gasteiger partial charge in [-0.2, -0.15) is 0 Å². The summed E-state index contributed by atoms with van der Waals surface area (Å²) in [6.45, 7) is -0.984. The number of hydrogen-bond donors (Lipinski definition) is 4. The molecule has 4 N–H and O–H groups in total. The first-order valence-corrected chi connectivity index (χ1v) is 4.18. The summed E-state index contributed by atoms with van der Waals surface area (Å²) in [5.41, 5.74) is 0. The van der Waals surface area contributed by atoms with Gasteiger partial charge < -0.3 is 20.0 Å². The highest BCUT2D eigenvalue weighted by Gasteiger charge is 2.39. The molecule has 0 aromatic carbocycles. The van der Waals surface area contributed by atoms with E-state index in [1.54, 1.807) is 0 Å². The third-order valence-corrected chi connectivity index (χ3v) is 3.08. The van der Waals surface area contributed by atoms with Crippen molar-refractivity contribution in [3.05, 3.63) is 0 Å². The quantitative estimate of drug-likeness (QED) is 0.389. The molecule has 0 heterocycles. The average Bonchev–Trinajstić information content (AvgIpc) is 1.64. The van der Waals surface area contributed by atoms with Crippen molar-refractivity contribution in [3.63, 3.8) is 0 Å². The Bertz CT molecular complexity index is 136. The minimum absolute atomic E-state index is 0.984. The van der Waals surface area contributed by atoms with E-state index < -0.39 is 19.3 Å². The number of aliphatic hydroxyl groups is 2. The first-order chi connectivity index (χ1) is 3.81. The zero-order valence-electron chi connectivity index (χ0n) is 4.43. The summed E-state index contributed by atoms with van der Waals surface area (Å²) in [6.07, 6.45) is 0. The van der Waals surface area contributed by atoms with E-state index in [4.69, 9.17) is 20.0 Å². The van der Waals surface area contributed by atoms with Gasteiger partial charge in [-0.1, -0.05) is 9.24 Å². The summed E-state index contributed by atoms with van der Waals surface area (Å²) >= 11 is 0. The van der Waals surface area contributed by atoms with E-state index in [1.807, 2.05) is 0 Å². The Morgan fingerprint density at radius 2 is 1.89 bits per heavy atom. The maximum Gasteiger partial charge on any atom is 0.362 e. The minimum Gasteiger partial charge on any atom is -0.392 e. The molecule has 0 spiro atoms. The van der Waals surface area contributed by atoms with Crippen molar-refractivity contribution in [1.82, 2.24) is 0 Å². The standard InChI is InChI=1S/C2H8O5P2/c3-1-2(4,8)9(5,6)7/h3-4H,1,8H2,(H2,5,6,7). The largest absolute Gasteiger partial charge is 0.392 e. The lowest BCUT2D eigenvalue weighted by Gasteiger charge is -2.20. The summed E-state index contributed by atoms with van der Waals surface area (Å²) in [7, 11) is -3.12. The van der Waals surface area contributed by atoms with Gasteiger partial charge in [-0.05, 0) is 0 Å². The Morgan fingerprint density at radius 1 is 1.56 bits per heavy atom. The molecule has 0 amide bonds. The zero-order valence-corrected chi connectivity index (χ0v) is 6.48. The Hall–Kier alpha value is 0.500. The number of aliphatic hydroxyl groups excluding tert-OH is 1. The third kappa shape index (κ3) is 2.30. The van der Waals surface area contributed by atoms with Gasteiger partial charge in [0.15, 0.2) is 0 Å². The first kappa shape index (κ1) is 9.50. The molecule has 5 nitrogen and oxygen atoms in total. The lowest BCUT2D eigenvalue weighted by molar-refractivity contribution is 0.101. The predicted molar refractivity (Wildman–Crippen MR) is 33.8 cm³/mol. The van der Waals surface area contributed by atoms with Gasteiger partial charge in [0.1, 0.15) is 0 Å². The molecule has 0 aromatic rings. The van der Waals surface area contributed by atoms with Crippen LogP contribution in [0.5, 0.6) is 0 Å². The maximum absolute atomic E-state index is 10.1. The van der Waals surface area contributed by atoms with Crippen molar-refractivity contribution in [2.24, 2.45) is 0 Å². The molecule has 0 radical (unpaired) electrons. The summed E-state index contributed by atoms with van der Waals surface area (Å²) in [4.78, 5) is 16.5. The second-order valence-corrected chi connectivity index (χ2v) is 4.88. The van der Waals surface area contributed by atoms with Crippen LogP contribution in [-0.2, 0) is 4.57 Å². The van der Waals surface area contributed by atoms with Crippen LogP contribution in [0.3, 0.4) is 0 Å². The van der Waals surface area contributed by atoms with Crippen molar-refractivity contribution in [3.8, 4) is 0 Å². The smallest absolute Gasteiger partial charge is 0.362 e. The van der Waals surface area contributed by atoms with Crippen molar-refractivity contribution in [2.45, 2.75) is 5.08 Å². The van der Waals surface area contributed by atoms with E-state index >= 15 is 0 Å². The molecule has 0 aliphatic carbocycles. The van der Waals surface area contributed by atoms with Gasteiger partial charge in [-0.3, -0.25) is 4.57 Å². The van der Waals surface area contributed by atoms with E-state index in [1.165, 1.54) is 9.24 Å². The molecule has 2 atom stereocenters. The van der Waals surface area contributed by atoms with Crippen LogP contribution in [0.1, 0.15) is 0 Å². The summed E-state index contributed by atoms with van der Waals surface area (Å²) in [5.74, 6) is 0. The fourth-order valence-electron chi connectivity index (χ4n) is 0.0921. The molecule has 0 aliphatic rings. The van der Waals surface area contributed by atoms with E-state index in [-0.39, 0.29) is 0 Å². The molecular weight excluding hydrogens is 166 g/mol. The van der Waals surface area contributed by atoms with E-state index in [0.717, 1.165) is 0 Å². The van der Waals surface area contributed by atoms with Crippen molar-refractivity contribution < 1.29 is 24.6 Å². The van der Waals surface area contributed by atoms with Crippen LogP contribution < -0.4 is 0 Å². The van der Waals surface area contributed by atoms with E-state index in [2.05, 4.69) is 0 Å². The molecule has 9 heavy (non-hydrogen) atoms. The highest BCUT2D eigenvalue weighted by molar-refractivity contribution is 7.61. The number of rotatable bonds is 2. The van der Waals surface area contributed by atoms with Crippen LogP contribution in [0.15, 0.2) is 0 Å². The van der Waals surface area contributed by atoms with Gasteiger partial charge >= 0.3 is 7.60 Å². The van der Waals surface area contributed by atoms with Crippen LogP contribution in [0.2, 0.25) is 0 Å². The molecule has 0 bridgehead atoms. The Labute approximate surface area is 54.1 Å². The number of hydrogen-bond acceptors (Lipinski definition) is 3. The summed E-state index contributed by atoms with van der Waals surface area (Å²) in [6, 6.07) is 0. The minimum atomic E-state index is -4.60. The molecule has 2 unspecified atom stereocenters. The van der Waals surface area contributed by atoms with Crippen molar-refractivity contribution in [2.75, 3.05) is 6.61 Å². The fraction of sp³-hybridized carbons (Fsp3) is 1.00. The topological polar surface area (TPSA) is 98.0 Å². The third-order valence-electron chi connectivity index (χ3n) is 0.737. The Morgan fingerprint density at radius 3 is 1.89 bits per heavy atom. The van der Waals surface area contributed by atoms with Gasteiger partial charge in [0.05, 0.1) is 6.61 Å². The zero-order chi connectivity index (χ0) is 7.71. The van der Waals surface area contributed by atoms with Gasteiger partial charge in [-0.15, -0.1) is 0 Å². The Kier molecular flexibility index (Phi) is 2.77. The van der Waals surface area contributed by atoms with Crippen LogP contribution in [0.4, 0.5) is 0 Å². The van der Waals surface area contributed by atoms with Gasteiger partial charge in [-0.25, -0.2) is 0 Å². The SMILES string of the molecule is O=P(O)(O)C(O)(P)CO. The average molecular weight is 174 g/mol. The molecule has 7 heteroatoms. The van der Waals surface area contributed by atoms with Gasteiger partial charge in [0.25, 0.3) is 0 Å². The monoisotopic (exact) mass is 174 g/mol. The molecule has 0 aliphatic heterocycles. The highest BCUT2D eigenvalue weighted by Crippen LogP contribution is 2.52. The molecule has 0 saturated heterocycles. The second kappa shape index (κ2) is 2.62. The van der Waals surface area contributed by atoms with Crippen molar-refractivity contribution in [1.29, 1.82) is 0 Å². The molecule has 0 fully saturated rings. The summed E-state index contributed by atoms with van der Waals surface area (Å²) in [5, 5.41) is 14.4. The highest BCUT2D eigenvalue weighted by atomic mass is 31.2. The normalized spacial score (nSPS) is 19.2. The molecule has 0 aromatic heterocycles. The Balaban J connectivity index is 4.34. The predicted octanol–water partition coefficient (Wildman–Crippen LogP) is -1.32. The van der Waals surface area contributed by atoms with Gasteiger partial charge in [0, 0.05) is 0 Å². The van der Waals surface area contributed by atoms with E-state index in [9.17, 15) is 4.57 Å².